The van der Waals surface area contributed by atoms with Crippen LogP contribution in [0.15, 0.2) is 24.3 Å². The molecule has 1 unspecified atom stereocenters. The molecule has 1 aromatic rings. The van der Waals surface area contributed by atoms with Gasteiger partial charge in [0, 0.05) is 0 Å². The third-order valence-corrected chi connectivity index (χ3v) is 1.46. The molecule has 9 heavy (non-hydrogen) atoms. The molecule has 0 heterocycles. The number of aryl methyl sites for hydroxylation is 1. The van der Waals surface area contributed by atoms with Crippen molar-refractivity contribution >= 4 is 14.5 Å². The standard InChI is InChI=1S/C7H9P.H2O/c1-6-2-4-7(8)5-3-6;/h2-5H,8H2,1H3;1H2. The van der Waals surface area contributed by atoms with Crippen LogP contribution in [-0.4, -0.2) is 5.48 Å². The third-order valence-electron chi connectivity index (χ3n) is 1.08. The highest BCUT2D eigenvalue weighted by molar-refractivity contribution is 7.27. The van der Waals surface area contributed by atoms with Crippen LogP contribution < -0.4 is 5.30 Å². The minimum atomic E-state index is 0. The zero-order valence-electron chi connectivity index (χ0n) is 5.39. The second kappa shape index (κ2) is 3.60. The summed E-state index contributed by atoms with van der Waals surface area (Å²) in [6.45, 7) is 2.09. The highest BCUT2D eigenvalue weighted by Crippen LogP contribution is 1.94. The Morgan fingerprint density at radius 2 is 1.56 bits per heavy atom. The van der Waals surface area contributed by atoms with Crippen LogP contribution in [-0.2, 0) is 0 Å². The van der Waals surface area contributed by atoms with Crippen LogP contribution in [0, 0.1) is 6.92 Å². The molecular weight excluding hydrogens is 131 g/mol. The summed E-state index contributed by atoms with van der Waals surface area (Å²) in [6, 6.07) is 8.37. The van der Waals surface area contributed by atoms with Crippen LogP contribution >= 0.6 is 9.24 Å². The maximum absolute atomic E-state index is 2.65. The topological polar surface area (TPSA) is 31.5 Å². The highest BCUT2D eigenvalue weighted by atomic mass is 31.0. The van der Waals surface area contributed by atoms with Gasteiger partial charge in [-0.15, -0.1) is 9.24 Å². The molecule has 0 bridgehead atoms. The second-order valence-electron chi connectivity index (χ2n) is 1.91. The Balaban J connectivity index is 0.000000640. The largest absolute Gasteiger partial charge is 0.412 e. The van der Waals surface area contributed by atoms with Crippen molar-refractivity contribution < 1.29 is 5.48 Å². The number of rotatable bonds is 0. The molecular formula is C7H11OP. The summed E-state index contributed by atoms with van der Waals surface area (Å²) >= 11 is 0. The van der Waals surface area contributed by atoms with Crippen molar-refractivity contribution in [1.82, 2.24) is 0 Å². The first-order valence-corrected chi connectivity index (χ1v) is 3.19. The summed E-state index contributed by atoms with van der Waals surface area (Å²) in [5.41, 5.74) is 1.32. The summed E-state index contributed by atoms with van der Waals surface area (Å²) in [4.78, 5) is 0. The van der Waals surface area contributed by atoms with Gasteiger partial charge in [0.15, 0.2) is 0 Å². The van der Waals surface area contributed by atoms with Gasteiger partial charge in [-0.2, -0.15) is 0 Å². The van der Waals surface area contributed by atoms with Gasteiger partial charge in [0.05, 0.1) is 0 Å². The van der Waals surface area contributed by atoms with Gasteiger partial charge in [-0.05, 0) is 12.2 Å². The number of hydrogen-bond donors (Lipinski definition) is 0. The Morgan fingerprint density at radius 1 is 1.11 bits per heavy atom. The van der Waals surface area contributed by atoms with E-state index in [1.807, 2.05) is 0 Å². The average molecular weight is 142 g/mol. The maximum Gasteiger partial charge on any atom is -0.0302 e. The fourth-order valence-corrected chi connectivity index (χ4v) is 0.759. The fourth-order valence-electron chi connectivity index (χ4n) is 0.566. The summed E-state index contributed by atoms with van der Waals surface area (Å²) < 4.78 is 0. The summed E-state index contributed by atoms with van der Waals surface area (Å²) in [7, 11) is 2.65. The van der Waals surface area contributed by atoms with Gasteiger partial charge in [0.1, 0.15) is 0 Å². The van der Waals surface area contributed by atoms with E-state index in [-0.39, 0.29) is 5.48 Å². The molecule has 1 atom stereocenters. The predicted molar refractivity (Wildman–Crippen MR) is 44.1 cm³/mol. The van der Waals surface area contributed by atoms with E-state index in [1.165, 1.54) is 10.9 Å². The zero-order valence-corrected chi connectivity index (χ0v) is 6.54. The predicted octanol–water partition coefficient (Wildman–Crippen LogP) is 0.671. The third kappa shape index (κ3) is 2.59. The Bertz CT molecular complexity index is 148. The molecule has 1 rings (SSSR count). The quantitative estimate of drug-likeness (QED) is 0.477. The van der Waals surface area contributed by atoms with Crippen LogP contribution in [0.1, 0.15) is 5.56 Å². The Hall–Kier alpha value is -0.390. The van der Waals surface area contributed by atoms with E-state index < -0.39 is 0 Å². The molecule has 0 saturated carbocycles. The van der Waals surface area contributed by atoms with Gasteiger partial charge >= 0.3 is 0 Å². The van der Waals surface area contributed by atoms with E-state index >= 15 is 0 Å². The Labute approximate surface area is 57.6 Å². The molecule has 50 valence electrons. The van der Waals surface area contributed by atoms with Crippen molar-refractivity contribution in [3.8, 4) is 0 Å². The maximum atomic E-state index is 2.65. The average Bonchev–Trinajstić information content (AvgIpc) is 1.77. The van der Waals surface area contributed by atoms with Gasteiger partial charge in [0.25, 0.3) is 0 Å². The lowest BCUT2D eigenvalue weighted by Gasteiger charge is -1.89. The molecule has 0 aliphatic carbocycles. The first kappa shape index (κ1) is 8.61. The minimum absolute atomic E-state index is 0. The fraction of sp³-hybridized carbons (Fsp3) is 0.143. The Morgan fingerprint density at radius 3 is 1.89 bits per heavy atom. The summed E-state index contributed by atoms with van der Waals surface area (Å²) in [5, 5.41) is 1.25. The van der Waals surface area contributed by atoms with Crippen molar-refractivity contribution in [2.75, 3.05) is 0 Å². The van der Waals surface area contributed by atoms with Gasteiger partial charge in [-0.3, -0.25) is 0 Å². The van der Waals surface area contributed by atoms with Gasteiger partial charge in [0.2, 0.25) is 0 Å². The molecule has 0 aliphatic rings. The first-order chi connectivity index (χ1) is 3.79. The van der Waals surface area contributed by atoms with Gasteiger partial charge < -0.3 is 5.48 Å². The van der Waals surface area contributed by atoms with Crippen molar-refractivity contribution in [1.29, 1.82) is 0 Å². The molecule has 0 fully saturated rings. The Kier molecular flexibility index (Phi) is 3.44. The summed E-state index contributed by atoms with van der Waals surface area (Å²) in [5.74, 6) is 0. The summed E-state index contributed by atoms with van der Waals surface area (Å²) in [6.07, 6.45) is 0. The van der Waals surface area contributed by atoms with E-state index in [9.17, 15) is 0 Å². The molecule has 0 radical (unpaired) electrons. The molecule has 0 saturated heterocycles. The van der Waals surface area contributed by atoms with Crippen molar-refractivity contribution in [2.24, 2.45) is 0 Å². The van der Waals surface area contributed by atoms with Gasteiger partial charge in [-0.25, -0.2) is 0 Å². The molecule has 0 spiro atoms. The van der Waals surface area contributed by atoms with Gasteiger partial charge in [-0.1, -0.05) is 29.8 Å². The smallest absolute Gasteiger partial charge is 0.0302 e. The zero-order chi connectivity index (χ0) is 5.98. The molecule has 0 aliphatic heterocycles. The van der Waals surface area contributed by atoms with E-state index in [0.29, 0.717) is 0 Å². The molecule has 0 amide bonds. The second-order valence-corrected chi connectivity index (χ2v) is 2.58. The SMILES string of the molecule is Cc1ccc(P)cc1.O. The minimum Gasteiger partial charge on any atom is -0.412 e. The van der Waals surface area contributed by atoms with E-state index in [4.69, 9.17) is 0 Å². The molecule has 1 nitrogen and oxygen atoms in total. The van der Waals surface area contributed by atoms with Crippen LogP contribution in [0.4, 0.5) is 0 Å². The molecule has 1 aromatic carbocycles. The van der Waals surface area contributed by atoms with E-state index in [0.717, 1.165) is 0 Å². The molecule has 2 N–H and O–H groups in total. The molecule has 2 heteroatoms. The van der Waals surface area contributed by atoms with Crippen molar-refractivity contribution in [3.05, 3.63) is 29.8 Å². The van der Waals surface area contributed by atoms with E-state index in [1.54, 1.807) is 0 Å². The van der Waals surface area contributed by atoms with Crippen molar-refractivity contribution in [2.45, 2.75) is 6.92 Å². The monoisotopic (exact) mass is 142 g/mol. The highest BCUT2D eigenvalue weighted by Gasteiger charge is 1.79. The van der Waals surface area contributed by atoms with Crippen LogP contribution in [0.5, 0.6) is 0 Å². The first-order valence-electron chi connectivity index (χ1n) is 2.61. The lowest BCUT2D eigenvalue weighted by molar-refractivity contribution is 0.824. The van der Waals surface area contributed by atoms with Crippen molar-refractivity contribution in [3.63, 3.8) is 0 Å². The number of benzene rings is 1. The van der Waals surface area contributed by atoms with Crippen LogP contribution in [0.3, 0.4) is 0 Å². The lowest BCUT2D eigenvalue weighted by atomic mass is 10.2. The molecule has 0 aromatic heterocycles. The van der Waals surface area contributed by atoms with Crippen LogP contribution in [0.2, 0.25) is 0 Å². The number of hydrogen-bond acceptors (Lipinski definition) is 0. The van der Waals surface area contributed by atoms with E-state index in [2.05, 4.69) is 40.4 Å². The van der Waals surface area contributed by atoms with Crippen LogP contribution in [0.25, 0.3) is 0 Å². The lowest BCUT2D eigenvalue weighted by Crippen LogP contribution is -1.85. The normalized spacial score (nSPS) is 8.22.